The minimum Gasteiger partial charge on any atom is -0.462 e. The van der Waals surface area contributed by atoms with Crippen LogP contribution in [0.15, 0.2) is 12.2 Å². The van der Waals surface area contributed by atoms with Crippen molar-refractivity contribution in [2.24, 2.45) is 56.7 Å². The van der Waals surface area contributed by atoms with Crippen molar-refractivity contribution in [2.45, 2.75) is 119 Å². The van der Waals surface area contributed by atoms with E-state index in [9.17, 15) is 9.90 Å². The quantitative estimate of drug-likeness (QED) is 0.332. The van der Waals surface area contributed by atoms with Crippen LogP contribution in [-0.2, 0) is 9.53 Å². The summed E-state index contributed by atoms with van der Waals surface area (Å²) < 4.78 is 5.90. The number of carbonyl (C=O) groups is 1. The molecule has 5 saturated carbocycles. The molecule has 0 bridgehead atoms. The summed E-state index contributed by atoms with van der Waals surface area (Å²) in [5, 5.41) is 10.7. The van der Waals surface area contributed by atoms with Gasteiger partial charge in [-0.25, -0.2) is 0 Å². The van der Waals surface area contributed by atoms with Gasteiger partial charge in [0.1, 0.15) is 6.10 Å². The molecule has 0 radical (unpaired) electrons. The number of fused-ring (bicyclic) bond motifs is 7. The van der Waals surface area contributed by atoms with Crippen LogP contribution in [0, 0.1) is 56.7 Å². The lowest BCUT2D eigenvalue weighted by Gasteiger charge is -2.73. The van der Waals surface area contributed by atoms with E-state index >= 15 is 0 Å². The number of allylic oxidation sites excluding steroid dienone is 1. The van der Waals surface area contributed by atoms with Crippen molar-refractivity contribution in [3.63, 3.8) is 0 Å². The molecule has 0 aromatic rings. The Morgan fingerprint density at radius 2 is 1.57 bits per heavy atom. The third-order valence-electron chi connectivity index (χ3n) is 13.8. The van der Waals surface area contributed by atoms with Crippen LogP contribution in [0.25, 0.3) is 0 Å². The average molecular weight is 485 g/mol. The molecule has 0 heterocycles. The fourth-order valence-electron chi connectivity index (χ4n) is 11.9. The van der Waals surface area contributed by atoms with Gasteiger partial charge in [0.05, 0.1) is 0 Å². The number of hydrogen-bond donors (Lipinski definition) is 1. The average Bonchev–Trinajstić information content (AvgIpc) is 3.16. The minimum absolute atomic E-state index is 0.0207. The maximum atomic E-state index is 11.9. The smallest absolute Gasteiger partial charge is 0.302 e. The van der Waals surface area contributed by atoms with Gasteiger partial charge in [-0.1, -0.05) is 46.8 Å². The van der Waals surface area contributed by atoms with E-state index in [1.54, 1.807) is 6.92 Å². The van der Waals surface area contributed by atoms with Crippen LogP contribution in [-0.4, -0.2) is 23.8 Å². The van der Waals surface area contributed by atoms with Crippen molar-refractivity contribution in [3.8, 4) is 0 Å². The van der Waals surface area contributed by atoms with Gasteiger partial charge in [0, 0.05) is 18.9 Å². The Morgan fingerprint density at radius 1 is 0.857 bits per heavy atom. The molecule has 10 atom stereocenters. The molecule has 0 spiro atoms. The van der Waals surface area contributed by atoms with E-state index in [0.717, 1.165) is 12.3 Å². The van der Waals surface area contributed by atoms with Gasteiger partial charge in [-0.05, 0) is 122 Å². The number of esters is 1. The standard InChI is InChI=1S/C32H52O3/c1-20(2)22-11-16-32(19-33)18-17-30(7)23(27(22)32)9-10-25-29(6)14-13-26(35-21(3)34)28(4,5)24(29)12-15-31(25,30)8/h22-27,33H,1,9-19H2,2-8H3/t22-,23+,24-,25+,26-,27+,29-,30+,31+,32+/m0/s1. The molecule has 5 fully saturated rings. The van der Waals surface area contributed by atoms with Crippen LogP contribution >= 0.6 is 0 Å². The fourth-order valence-corrected chi connectivity index (χ4v) is 11.9. The summed E-state index contributed by atoms with van der Waals surface area (Å²) in [5.74, 6) is 3.07. The number of hydrogen-bond acceptors (Lipinski definition) is 3. The van der Waals surface area contributed by atoms with E-state index < -0.39 is 0 Å². The number of carbonyl (C=O) groups excluding carboxylic acids is 1. The predicted molar refractivity (Wildman–Crippen MR) is 142 cm³/mol. The molecule has 5 aliphatic rings. The largest absolute Gasteiger partial charge is 0.462 e. The molecule has 198 valence electrons. The van der Waals surface area contributed by atoms with Crippen LogP contribution in [0.1, 0.15) is 113 Å². The SMILES string of the molecule is C=C(C)[C@@H]1CC[C@]2(CO)CC[C@]3(C)[C@H](CC[C@@H]4[C@@]5(C)CC[C@H](OC(C)=O)C(C)(C)[C@@H]5CC[C@]43C)[C@@H]12. The molecule has 0 aromatic carbocycles. The third-order valence-corrected chi connectivity index (χ3v) is 13.8. The predicted octanol–water partition coefficient (Wildman–Crippen LogP) is 7.57. The first-order valence-electron chi connectivity index (χ1n) is 14.7. The maximum absolute atomic E-state index is 11.9. The first-order chi connectivity index (χ1) is 16.3. The van der Waals surface area contributed by atoms with Crippen LogP contribution in [0.2, 0.25) is 0 Å². The Morgan fingerprint density at radius 3 is 2.20 bits per heavy atom. The summed E-state index contributed by atoms with van der Waals surface area (Å²) in [4.78, 5) is 11.9. The normalized spacial score (nSPS) is 52.5. The molecular weight excluding hydrogens is 432 g/mol. The molecular formula is C32H52O3. The Labute approximate surface area is 214 Å². The van der Waals surface area contributed by atoms with E-state index in [4.69, 9.17) is 4.74 Å². The van der Waals surface area contributed by atoms with E-state index in [1.165, 1.54) is 63.4 Å². The highest BCUT2D eigenvalue weighted by molar-refractivity contribution is 5.66. The second-order valence-electron chi connectivity index (χ2n) is 15.2. The van der Waals surface area contributed by atoms with E-state index in [1.807, 2.05) is 0 Å². The van der Waals surface area contributed by atoms with Crippen LogP contribution in [0.5, 0.6) is 0 Å². The minimum atomic E-state index is -0.126. The monoisotopic (exact) mass is 484 g/mol. The highest BCUT2D eigenvalue weighted by Crippen LogP contribution is 2.77. The van der Waals surface area contributed by atoms with Gasteiger partial charge in [-0.3, -0.25) is 4.79 Å². The molecule has 5 rings (SSSR count). The summed E-state index contributed by atoms with van der Waals surface area (Å²) >= 11 is 0. The molecule has 0 unspecified atom stereocenters. The number of ether oxygens (including phenoxy) is 1. The van der Waals surface area contributed by atoms with Crippen LogP contribution in [0.4, 0.5) is 0 Å². The van der Waals surface area contributed by atoms with Crippen LogP contribution in [0.3, 0.4) is 0 Å². The molecule has 0 aromatic heterocycles. The van der Waals surface area contributed by atoms with E-state index in [-0.39, 0.29) is 22.9 Å². The molecule has 1 N–H and O–H groups in total. The molecule has 3 heteroatoms. The molecule has 0 aliphatic heterocycles. The molecule has 0 saturated heterocycles. The fraction of sp³-hybridized carbons (Fsp3) is 0.906. The van der Waals surface area contributed by atoms with E-state index in [0.29, 0.717) is 46.5 Å². The lowest BCUT2D eigenvalue weighted by molar-refractivity contribution is -0.251. The zero-order valence-electron chi connectivity index (χ0n) is 23.7. The molecule has 0 amide bonds. The van der Waals surface area contributed by atoms with Crippen molar-refractivity contribution in [2.75, 3.05) is 6.61 Å². The van der Waals surface area contributed by atoms with Crippen molar-refractivity contribution in [3.05, 3.63) is 12.2 Å². The van der Waals surface area contributed by atoms with Gasteiger partial charge >= 0.3 is 5.97 Å². The van der Waals surface area contributed by atoms with Gasteiger partial charge in [0.2, 0.25) is 0 Å². The Balaban J connectivity index is 1.51. The summed E-state index contributed by atoms with van der Waals surface area (Å²) in [6, 6.07) is 0. The van der Waals surface area contributed by atoms with E-state index in [2.05, 4.69) is 48.1 Å². The van der Waals surface area contributed by atoms with Gasteiger partial charge < -0.3 is 9.84 Å². The molecule has 35 heavy (non-hydrogen) atoms. The number of aliphatic hydroxyl groups is 1. The lowest BCUT2D eigenvalue weighted by atomic mass is 9.32. The Hall–Kier alpha value is -0.830. The van der Waals surface area contributed by atoms with Gasteiger partial charge in [0.15, 0.2) is 0 Å². The van der Waals surface area contributed by atoms with Crippen molar-refractivity contribution in [1.82, 2.24) is 0 Å². The summed E-state index contributed by atoms with van der Waals surface area (Å²) in [7, 11) is 0. The topological polar surface area (TPSA) is 46.5 Å². The van der Waals surface area contributed by atoms with Gasteiger partial charge in [-0.2, -0.15) is 0 Å². The van der Waals surface area contributed by atoms with Crippen LogP contribution < -0.4 is 0 Å². The first-order valence-corrected chi connectivity index (χ1v) is 14.7. The summed E-state index contributed by atoms with van der Waals surface area (Å²) in [5.41, 5.74) is 2.45. The third kappa shape index (κ3) is 3.28. The first kappa shape index (κ1) is 25.8. The number of aliphatic hydroxyl groups excluding tert-OH is 1. The Kier molecular flexibility index (Phi) is 5.96. The highest BCUT2D eigenvalue weighted by atomic mass is 16.5. The highest BCUT2D eigenvalue weighted by Gasteiger charge is 2.71. The summed E-state index contributed by atoms with van der Waals surface area (Å²) in [6.45, 7) is 21.3. The molecule has 5 aliphatic carbocycles. The van der Waals surface area contributed by atoms with Gasteiger partial charge in [0.25, 0.3) is 0 Å². The van der Waals surface area contributed by atoms with Gasteiger partial charge in [-0.15, -0.1) is 0 Å². The summed E-state index contributed by atoms with van der Waals surface area (Å²) in [6.07, 6.45) is 12.2. The lowest BCUT2D eigenvalue weighted by Crippen LogP contribution is -2.67. The Bertz CT molecular complexity index is 891. The second kappa shape index (κ2) is 8.08. The zero-order chi connectivity index (χ0) is 25.6. The number of rotatable bonds is 3. The zero-order valence-corrected chi connectivity index (χ0v) is 23.7. The van der Waals surface area contributed by atoms with Crippen molar-refractivity contribution in [1.29, 1.82) is 0 Å². The second-order valence-corrected chi connectivity index (χ2v) is 15.2. The van der Waals surface area contributed by atoms with Crippen molar-refractivity contribution < 1.29 is 14.6 Å². The van der Waals surface area contributed by atoms with Crippen molar-refractivity contribution >= 4 is 5.97 Å². The maximum Gasteiger partial charge on any atom is 0.302 e. The molecule has 3 nitrogen and oxygen atoms in total.